The lowest BCUT2D eigenvalue weighted by molar-refractivity contribution is -0.152. The standard InChI is InChI=1S/C18H22N4O4/c1-12-2-4-13(5-3-12)17(25)19-7-6-15(23)21-8-9-22-14(11-21)18(26)20-10-16(22)24/h2-5,14H,6-11H2,1H3,(H,19,25)(H,20,26)/t14-/m0/s1. The van der Waals surface area contributed by atoms with Crippen molar-refractivity contribution in [3.05, 3.63) is 35.4 Å². The van der Waals surface area contributed by atoms with Gasteiger partial charge in [-0.1, -0.05) is 17.7 Å². The van der Waals surface area contributed by atoms with Crippen molar-refractivity contribution < 1.29 is 19.2 Å². The van der Waals surface area contributed by atoms with Crippen molar-refractivity contribution in [3.63, 3.8) is 0 Å². The Labute approximate surface area is 151 Å². The summed E-state index contributed by atoms with van der Waals surface area (Å²) in [7, 11) is 0. The summed E-state index contributed by atoms with van der Waals surface area (Å²) in [5.74, 6) is -0.707. The molecule has 0 aliphatic carbocycles. The maximum absolute atomic E-state index is 12.4. The average molecular weight is 358 g/mol. The Morgan fingerprint density at radius 1 is 1.19 bits per heavy atom. The van der Waals surface area contributed by atoms with Gasteiger partial charge in [-0.05, 0) is 19.1 Å². The third-order valence-corrected chi connectivity index (χ3v) is 4.71. The molecule has 1 atom stereocenters. The van der Waals surface area contributed by atoms with Crippen molar-refractivity contribution in [1.29, 1.82) is 0 Å². The molecule has 2 aliphatic rings. The summed E-state index contributed by atoms with van der Waals surface area (Å²) in [5, 5.41) is 5.28. The van der Waals surface area contributed by atoms with E-state index in [-0.39, 0.29) is 49.7 Å². The van der Waals surface area contributed by atoms with Crippen LogP contribution in [0.5, 0.6) is 0 Å². The monoisotopic (exact) mass is 358 g/mol. The molecule has 8 nitrogen and oxygen atoms in total. The number of hydrogen-bond donors (Lipinski definition) is 2. The van der Waals surface area contributed by atoms with Gasteiger partial charge in [0.05, 0.1) is 13.1 Å². The minimum absolute atomic E-state index is 0.0221. The highest BCUT2D eigenvalue weighted by Gasteiger charge is 2.39. The van der Waals surface area contributed by atoms with E-state index in [1.807, 2.05) is 19.1 Å². The van der Waals surface area contributed by atoms with Gasteiger partial charge in [0.25, 0.3) is 5.91 Å². The molecule has 2 aliphatic heterocycles. The molecule has 26 heavy (non-hydrogen) atoms. The van der Waals surface area contributed by atoms with Crippen molar-refractivity contribution in [3.8, 4) is 0 Å². The van der Waals surface area contributed by atoms with Crippen LogP contribution in [0.4, 0.5) is 0 Å². The van der Waals surface area contributed by atoms with E-state index in [0.29, 0.717) is 18.7 Å². The second kappa shape index (κ2) is 7.55. The van der Waals surface area contributed by atoms with Crippen LogP contribution < -0.4 is 10.6 Å². The lowest BCUT2D eigenvalue weighted by Gasteiger charge is -2.42. The summed E-state index contributed by atoms with van der Waals surface area (Å²) >= 11 is 0. The number of amides is 4. The van der Waals surface area contributed by atoms with Gasteiger partial charge < -0.3 is 20.4 Å². The number of nitrogens with zero attached hydrogens (tertiary/aromatic N) is 2. The summed E-state index contributed by atoms with van der Waals surface area (Å²) < 4.78 is 0. The topological polar surface area (TPSA) is 98.8 Å². The van der Waals surface area contributed by atoms with Crippen molar-refractivity contribution >= 4 is 23.6 Å². The fourth-order valence-corrected chi connectivity index (χ4v) is 3.16. The van der Waals surface area contributed by atoms with Crippen LogP contribution in [0.3, 0.4) is 0 Å². The molecule has 2 N–H and O–H groups in total. The Morgan fingerprint density at radius 3 is 2.65 bits per heavy atom. The predicted octanol–water partition coefficient (Wildman–Crippen LogP) is -0.716. The van der Waals surface area contributed by atoms with Gasteiger partial charge in [0, 0.05) is 31.6 Å². The first kappa shape index (κ1) is 17.9. The van der Waals surface area contributed by atoms with Crippen LogP contribution in [-0.4, -0.2) is 72.2 Å². The van der Waals surface area contributed by atoms with Gasteiger partial charge in [0.1, 0.15) is 6.04 Å². The van der Waals surface area contributed by atoms with E-state index < -0.39 is 6.04 Å². The molecule has 0 radical (unpaired) electrons. The quantitative estimate of drug-likeness (QED) is 0.742. The van der Waals surface area contributed by atoms with Crippen molar-refractivity contribution in [1.82, 2.24) is 20.4 Å². The lowest BCUT2D eigenvalue weighted by atomic mass is 10.1. The zero-order valence-corrected chi connectivity index (χ0v) is 14.7. The van der Waals surface area contributed by atoms with Crippen LogP contribution in [0, 0.1) is 6.92 Å². The van der Waals surface area contributed by atoms with Gasteiger partial charge in [-0.2, -0.15) is 0 Å². The molecule has 2 saturated heterocycles. The summed E-state index contributed by atoms with van der Waals surface area (Å²) in [5.41, 5.74) is 1.62. The van der Waals surface area contributed by atoms with Crippen LogP contribution in [0.25, 0.3) is 0 Å². The largest absolute Gasteiger partial charge is 0.352 e. The normalized spacial score (nSPS) is 19.7. The first-order valence-electron chi connectivity index (χ1n) is 8.65. The van der Waals surface area contributed by atoms with Crippen LogP contribution in [0.15, 0.2) is 24.3 Å². The van der Waals surface area contributed by atoms with Crippen molar-refractivity contribution in [2.75, 3.05) is 32.7 Å². The zero-order valence-electron chi connectivity index (χ0n) is 14.7. The van der Waals surface area contributed by atoms with Gasteiger partial charge in [0.2, 0.25) is 17.7 Å². The molecule has 0 aromatic heterocycles. The van der Waals surface area contributed by atoms with E-state index in [0.717, 1.165) is 5.56 Å². The molecule has 8 heteroatoms. The maximum atomic E-state index is 12.4. The zero-order chi connectivity index (χ0) is 18.7. The minimum Gasteiger partial charge on any atom is -0.352 e. The van der Waals surface area contributed by atoms with Crippen LogP contribution in [0.1, 0.15) is 22.3 Å². The van der Waals surface area contributed by atoms with E-state index in [1.165, 1.54) is 4.90 Å². The molecule has 2 heterocycles. The second-order valence-corrected chi connectivity index (χ2v) is 6.53. The van der Waals surface area contributed by atoms with E-state index >= 15 is 0 Å². The number of aryl methyl sites for hydroxylation is 1. The fourth-order valence-electron chi connectivity index (χ4n) is 3.16. The van der Waals surface area contributed by atoms with E-state index in [2.05, 4.69) is 10.6 Å². The Balaban J connectivity index is 1.48. The molecular weight excluding hydrogens is 336 g/mol. The summed E-state index contributed by atoms with van der Waals surface area (Å²) in [6, 6.07) is 6.58. The highest BCUT2D eigenvalue weighted by Crippen LogP contribution is 2.14. The number of hydrogen-bond acceptors (Lipinski definition) is 4. The molecule has 0 saturated carbocycles. The molecule has 1 aromatic rings. The molecule has 0 spiro atoms. The Hall–Kier alpha value is -2.90. The van der Waals surface area contributed by atoms with Crippen molar-refractivity contribution in [2.24, 2.45) is 0 Å². The molecule has 2 fully saturated rings. The number of benzene rings is 1. The molecular formula is C18H22N4O4. The number of carbonyl (C=O) groups excluding carboxylic acids is 4. The summed E-state index contributed by atoms with van der Waals surface area (Å²) in [6.07, 6.45) is 0.153. The molecule has 4 amide bonds. The van der Waals surface area contributed by atoms with Gasteiger partial charge in [-0.25, -0.2) is 0 Å². The van der Waals surface area contributed by atoms with Crippen LogP contribution in [-0.2, 0) is 14.4 Å². The highest BCUT2D eigenvalue weighted by molar-refractivity contribution is 5.96. The minimum atomic E-state index is -0.615. The lowest BCUT2D eigenvalue weighted by Crippen LogP contribution is -2.66. The first-order valence-corrected chi connectivity index (χ1v) is 8.65. The summed E-state index contributed by atoms with van der Waals surface area (Å²) in [6.45, 7) is 3.15. The molecule has 1 aromatic carbocycles. The van der Waals surface area contributed by atoms with Gasteiger partial charge >= 0.3 is 0 Å². The van der Waals surface area contributed by atoms with Crippen molar-refractivity contribution in [2.45, 2.75) is 19.4 Å². The Morgan fingerprint density at radius 2 is 1.92 bits per heavy atom. The van der Waals surface area contributed by atoms with E-state index in [1.54, 1.807) is 17.0 Å². The SMILES string of the molecule is Cc1ccc(C(=O)NCCC(=O)N2CCN3C(=O)CNC(=O)[C@@H]3C2)cc1. The van der Waals surface area contributed by atoms with Gasteiger partial charge in [-0.15, -0.1) is 0 Å². The third kappa shape index (κ3) is 3.84. The Kier molecular flexibility index (Phi) is 5.20. The number of nitrogens with one attached hydrogen (secondary N) is 2. The number of carbonyl (C=O) groups is 4. The number of piperazine rings is 2. The van der Waals surface area contributed by atoms with Crippen LogP contribution >= 0.6 is 0 Å². The molecule has 138 valence electrons. The third-order valence-electron chi connectivity index (χ3n) is 4.71. The molecule has 0 unspecified atom stereocenters. The highest BCUT2D eigenvalue weighted by atomic mass is 16.2. The van der Waals surface area contributed by atoms with Crippen LogP contribution in [0.2, 0.25) is 0 Å². The predicted molar refractivity (Wildman–Crippen MR) is 93.2 cm³/mol. The van der Waals surface area contributed by atoms with Gasteiger partial charge in [-0.3, -0.25) is 19.2 Å². The second-order valence-electron chi connectivity index (χ2n) is 6.53. The first-order chi connectivity index (χ1) is 12.5. The number of rotatable bonds is 4. The average Bonchev–Trinajstić information content (AvgIpc) is 2.65. The molecule has 0 bridgehead atoms. The fraction of sp³-hybridized carbons (Fsp3) is 0.444. The van der Waals surface area contributed by atoms with Gasteiger partial charge in [0.15, 0.2) is 0 Å². The maximum Gasteiger partial charge on any atom is 0.251 e. The summed E-state index contributed by atoms with van der Waals surface area (Å²) in [4.78, 5) is 51.3. The Bertz CT molecular complexity index is 731. The number of fused-ring (bicyclic) bond motifs is 1. The smallest absolute Gasteiger partial charge is 0.251 e. The van der Waals surface area contributed by atoms with E-state index in [4.69, 9.17) is 0 Å². The molecule has 3 rings (SSSR count). The van der Waals surface area contributed by atoms with E-state index in [9.17, 15) is 19.2 Å².